The van der Waals surface area contributed by atoms with Crippen LogP contribution in [0.25, 0.3) is 0 Å². The summed E-state index contributed by atoms with van der Waals surface area (Å²) in [7, 11) is 0. The number of alkyl halides is 1. The topological polar surface area (TPSA) is 185 Å². The van der Waals surface area contributed by atoms with Crippen LogP contribution in [0.2, 0.25) is 0 Å². The minimum absolute atomic E-state index is 0.0582. The third-order valence-corrected chi connectivity index (χ3v) is 4.87. The first-order chi connectivity index (χ1) is 14.7. The zero-order valence-corrected chi connectivity index (χ0v) is 17.9. The number of amidine groups is 1. The third-order valence-electron chi connectivity index (χ3n) is 4.57. The van der Waals surface area contributed by atoms with Gasteiger partial charge in [0.15, 0.2) is 5.50 Å². The minimum atomic E-state index is -1.21. The van der Waals surface area contributed by atoms with Crippen molar-refractivity contribution >= 4 is 40.7 Å². The summed E-state index contributed by atoms with van der Waals surface area (Å²) in [5.41, 5.74) is 10.7. The molecule has 0 aliphatic carbocycles. The fourth-order valence-electron chi connectivity index (χ4n) is 2.87. The highest BCUT2D eigenvalue weighted by Gasteiger charge is 2.38. The molecule has 0 fully saturated rings. The summed E-state index contributed by atoms with van der Waals surface area (Å²) in [6.45, 7) is 2.00. The molecule has 1 heterocycles. The highest BCUT2D eigenvalue weighted by molar-refractivity contribution is 6.45. The lowest BCUT2D eigenvalue weighted by atomic mass is 10.2. The van der Waals surface area contributed by atoms with Crippen LogP contribution >= 0.6 is 11.6 Å². The van der Waals surface area contributed by atoms with Crippen molar-refractivity contribution in [2.24, 2.45) is 16.5 Å². The van der Waals surface area contributed by atoms with Gasteiger partial charge in [-0.15, -0.1) is 0 Å². The average molecular weight is 454 g/mol. The summed E-state index contributed by atoms with van der Waals surface area (Å²) in [6.07, 6.45) is -0.579. The summed E-state index contributed by atoms with van der Waals surface area (Å²) < 4.78 is 5.41. The molecule has 0 bridgehead atoms. The summed E-state index contributed by atoms with van der Waals surface area (Å²) >= 11 is 6.07. The van der Waals surface area contributed by atoms with Crippen molar-refractivity contribution in [2.45, 2.75) is 37.5 Å². The van der Waals surface area contributed by atoms with Crippen LogP contribution in [0.3, 0.4) is 0 Å². The van der Waals surface area contributed by atoms with Gasteiger partial charge in [0, 0.05) is 12.2 Å². The van der Waals surface area contributed by atoms with E-state index in [-0.39, 0.29) is 24.1 Å². The number of amides is 1. The standard InChI is InChI=1S/C19H28ClN7O4/c1-2-3-8-26(11-4-6-13(7-5-11)31-10-12(29)9-28)19(24)27-16(21)14(18(23)30)25-15(20)17(27)22/h4-7,12,15-16,22,24,28-29H,2-3,8-10,21H2,1H3,(H2,23,30). The molecule has 2 rings (SSSR count). The molecule has 31 heavy (non-hydrogen) atoms. The number of aliphatic imine (C=N–C) groups is 1. The molecule has 170 valence electrons. The quantitative estimate of drug-likeness (QED) is 0.132. The van der Waals surface area contributed by atoms with Crippen LogP contribution in [-0.4, -0.2) is 76.1 Å². The average Bonchev–Trinajstić information content (AvgIpc) is 2.75. The number of halogens is 1. The number of aliphatic hydroxyl groups is 2. The Morgan fingerprint density at radius 3 is 2.61 bits per heavy atom. The number of nitrogens with zero attached hydrogens (tertiary/aromatic N) is 3. The highest BCUT2D eigenvalue weighted by atomic mass is 35.5. The van der Waals surface area contributed by atoms with E-state index in [4.69, 9.17) is 43.7 Å². The number of anilines is 1. The van der Waals surface area contributed by atoms with Crippen molar-refractivity contribution in [1.82, 2.24) is 4.90 Å². The van der Waals surface area contributed by atoms with Crippen molar-refractivity contribution in [1.29, 1.82) is 10.8 Å². The molecule has 1 aliphatic heterocycles. The number of guanidine groups is 1. The second-order valence-electron chi connectivity index (χ2n) is 6.88. The summed E-state index contributed by atoms with van der Waals surface area (Å²) in [5, 5.41) is 35.3. The lowest BCUT2D eigenvalue weighted by Crippen LogP contribution is -2.64. The Balaban J connectivity index is 2.29. The Kier molecular flexibility index (Phi) is 8.75. The van der Waals surface area contributed by atoms with Gasteiger partial charge >= 0.3 is 0 Å². The van der Waals surface area contributed by atoms with Gasteiger partial charge in [0.25, 0.3) is 5.91 Å². The van der Waals surface area contributed by atoms with E-state index >= 15 is 0 Å². The number of aliphatic hydroxyl groups excluding tert-OH is 2. The van der Waals surface area contributed by atoms with Crippen molar-refractivity contribution in [3.05, 3.63) is 24.3 Å². The number of carbonyl (C=O) groups excluding carboxylic acids is 1. The third kappa shape index (κ3) is 5.91. The first-order valence-corrected chi connectivity index (χ1v) is 10.2. The first kappa shape index (κ1) is 24.5. The molecule has 3 unspecified atom stereocenters. The molecule has 1 aromatic carbocycles. The Labute approximate surface area is 185 Å². The van der Waals surface area contributed by atoms with Gasteiger partial charge in [-0.1, -0.05) is 24.9 Å². The van der Waals surface area contributed by atoms with Gasteiger partial charge in [-0.05, 0) is 30.7 Å². The van der Waals surface area contributed by atoms with Crippen LogP contribution in [0.1, 0.15) is 19.8 Å². The number of carbonyl (C=O) groups is 1. The van der Waals surface area contributed by atoms with Crippen LogP contribution in [0.15, 0.2) is 29.3 Å². The van der Waals surface area contributed by atoms with Crippen LogP contribution in [0.5, 0.6) is 5.75 Å². The molecular weight excluding hydrogens is 426 g/mol. The maximum absolute atomic E-state index is 11.7. The van der Waals surface area contributed by atoms with Gasteiger partial charge in [-0.2, -0.15) is 0 Å². The van der Waals surface area contributed by atoms with Crippen LogP contribution in [-0.2, 0) is 4.79 Å². The van der Waals surface area contributed by atoms with Crippen LogP contribution in [0, 0.1) is 10.8 Å². The number of hydrogen-bond donors (Lipinski definition) is 6. The van der Waals surface area contributed by atoms with E-state index in [0.717, 1.165) is 17.7 Å². The Bertz CT molecular complexity index is 833. The predicted molar refractivity (Wildman–Crippen MR) is 119 cm³/mol. The minimum Gasteiger partial charge on any atom is -0.491 e. The van der Waals surface area contributed by atoms with E-state index in [1.54, 1.807) is 29.2 Å². The molecule has 1 aromatic rings. The van der Waals surface area contributed by atoms with Crippen molar-refractivity contribution in [3.8, 4) is 5.75 Å². The number of benzene rings is 1. The Hall–Kier alpha value is -2.73. The second kappa shape index (κ2) is 11.0. The van der Waals surface area contributed by atoms with Gasteiger partial charge in [0.05, 0.1) is 6.61 Å². The fourth-order valence-corrected chi connectivity index (χ4v) is 3.08. The van der Waals surface area contributed by atoms with Crippen LogP contribution in [0.4, 0.5) is 5.69 Å². The lowest BCUT2D eigenvalue weighted by Gasteiger charge is -2.39. The maximum atomic E-state index is 11.7. The first-order valence-electron chi connectivity index (χ1n) is 9.73. The molecule has 0 spiro atoms. The normalized spacial score (nSPS) is 19.6. The van der Waals surface area contributed by atoms with E-state index in [2.05, 4.69) is 4.99 Å². The molecular formula is C19H28ClN7O4. The molecule has 3 atom stereocenters. The number of ether oxygens (including phenoxy) is 1. The fraction of sp³-hybridized carbons (Fsp3) is 0.474. The molecule has 8 N–H and O–H groups in total. The van der Waals surface area contributed by atoms with Gasteiger partial charge in [0.2, 0.25) is 5.96 Å². The number of primary amides is 1. The smallest absolute Gasteiger partial charge is 0.266 e. The summed E-state index contributed by atoms with van der Waals surface area (Å²) in [6, 6.07) is 6.75. The highest BCUT2D eigenvalue weighted by Crippen LogP contribution is 2.24. The van der Waals surface area contributed by atoms with Crippen molar-refractivity contribution in [3.63, 3.8) is 0 Å². The molecule has 0 radical (unpaired) electrons. The molecule has 0 aromatic heterocycles. The van der Waals surface area contributed by atoms with E-state index in [0.29, 0.717) is 18.0 Å². The molecule has 12 heteroatoms. The zero-order chi connectivity index (χ0) is 23.1. The van der Waals surface area contributed by atoms with Gasteiger partial charge in [-0.25, -0.2) is 0 Å². The number of nitrogens with one attached hydrogen (secondary N) is 2. The lowest BCUT2D eigenvalue weighted by molar-refractivity contribution is -0.112. The molecule has 11 nitrogen and oxygen atoms in total. The SMILES string of the molecule is CCCCN(C(=N)N1C(=N)C(Cl)N=C(C(N)=O)C1N)c1ccc(OCC(O)CO)cc1. The molecule has 0 saturated carbocycles. The monoisotopic (exact) mass is 453 g/mol. The largest absolute Gasteiger partial charge is 0.491 e. The molecule has 1 amide bonds. The Morgan fingerprint density at radius 2 is 2.06 bits per heavy atom. The van der Waals surface area contributed by atoms with Gasteiger partial charge in [0.1, 0.15) is 36.2 Å². The summed E-state index contributed by atoms with van der Waals surface area (Å²) in [4.78, 5) is 18.3. The van der Waals surface area contributed by atoms with E-state index in [1.165, 1.54) is 0 Å². The van der Waals surface area contributed by atoms with E-state index < -0.39 is 30.3 Å². The number of hydrogen-bond acceptors (Lipinski definition) is 8. The van der Waals surface area contributed by atoms with Gasteiger partial charge in [-0.3, -0.25) is 25.5 Å². The number of rotatable bonds is 9. The number of unbranched alkanes of at least 4 members (excludes halogenated alkanes) is 1. The van der Waals surface area contributed by atoms with Crippen molar-refractivity contribution < 1.29 is 19.7 Å². The summed E-state index contributed by atoms with van der Waals surface area (Å²) in [5.74, 6) is -0.766. The molecule has 0 saturated heterocycles. The predicted octanol–water partition coefficient (Wildman–Crippen LogP) is 0.0287. The van der Waals surface area contributed by atoms with Crippen molar-refractivity contribution in [2.75, 3.05) is 24.7 Å². The molecule has 1 aliphatic rings. The zero-order valence-electron chi connectivity index (χ0n) is 17.2. The van der Waals surface area contributed by atoms with E-state index in [1.807, 2.05) is 6.92 Å². The van der Waals surface area contributed by atoms with Gasteiger partial charge < -0.3 is 31.3 Å². The second-order valence-corrected chi connectivity index (χ2v) is 7.30. The number of nitrogens with two attached hydrogens (primary N) is 2. The van der Waals surface area contributed by atoms with E-state index in [9.17, 15) is 9.90 Å². The Morgan fingerprint density at radius 1 is 1.42 bits per heavy atom. The maximum Gasteiger partial charge on any atom is 0.266 e. The van der Waals surface area contributed by atoms with Crippen LogP contribution < -0.4 is 21.1 Å².